The smallest absolute Gasteiger partial charge is 0.267 e. The van der Waals surface area contributed by atoms with Crippen molar-refractivity contribution in [3.05, 3.63) is 69.6 Å². The molecule has 0 bridgehead atoms. The molecule has 0 aliphatic carbocycles. The van der Waals surface area contributed by atoms with Crippen LogP contribution >= 0.6 is 22.9 Å². The van der Waals surface area contributed by atoms with Gasteiger partial charge in [0.2, 0.25) is 0 Å². The van der Waals surface area contributed by atoms with Crippen molar-refractivity contribution in [1.82, 2.24) is 4.98 Å². The van der Waals surface area contributed by atoms with Crippen molar-refractivity contribution in [3.8, 4) is 17.2 Å². The zero-order valence-electron chi connectivity index (χ0n) is 17.4. The van der Waals surface area contributed by atoms with Crippen LogP contribution < -0.4 is 16.8 Å². The summed E-state index contributed by atoms with van der Waals surface area (Å²) in [6, 6.07) is 16.9. The number of nitrogens with two attached hydrogens (primary N) is 2. The van der Waals surface area contributed by atoms with Gasteiger partial charge in [-0.05, 0) is 35.2 Å². The first kappa shape index (κ1) is 21.6. The van der Waals surface area contributed by atoms with Crippen molar-refractivity contribution in [2.24, 2.45) is 0 Å². The molecule has 2 heterocycles. The Balaban J connectivity index is 1.87. The van der Waals surface area contributed by atoms with E-state index in [4.69, 9.17) is 23.1 Å². The van der Waals surface area contributed by atoms with E-state index in [1.54, 1.807) is 24.3 Å². The van der Waals surface area contributed by atoms with Crippen molar-refractivity contribution in [3.63, 3.8) is 0 Å². The Morgan fingerprint density at radius 2 is 1.91 bits per heavy atom. The van der Waals surface area contributed by atoms with Gasteiger partial charge in [0.15, 0.2) is 0 Å². The van der Waals surface area contributed by atoms with Crippen LogP contribution in [0.5, 0.6) is 0 Å². The van der Waals surface area contributed by atoms with E-state index in [0.29, 0.717) is 37.3 Å². The fourth-order valence-corrected chi connectivity index (χ4v) is 4.73. The van der Waals surface area contributed by atoms with Crippen molar-refractivity contribution >= 4 is 56.3 Å². The predicted octanol–water partition coefficient (Wildman–Crippen LogP) is 6.03. The van der Waals surface area contributed by atoms with Crippen molar-refractivity contribution < 1.29 is 4.79 Å². The minimum absolute atomic E-state index is 0.103. The number of benzene rings is 2. The second kappa shape index (κ2) is 8.50. The number of aromatic nitrogens is 1. The summed E-state index contributed by atoms with van der Waals surface area (Å²) in [5.74, 6) is 0.0898. The second-order valence-electron chi connectivity index (χ2n) is 7.63. The summed E-state index contributed by atoms with van der Waals surface area (Å²) in [7, 11) is 0. The number of nitriles is 1. The first-order chi connectivity index (χ1) is 15.3. The number of hydrogen-bond donors (Lipinski definition) is 3. The van der Waals surface area contributed by atoms with E-state index < -0.39 is 0 Å². The number of anilines is 3. The van der Waals surface area contributed by atoms with Gasteiger partial charge in [0, 0.05) is 21.7 Å². The molecular weight excluding hydrogens is 442 g/mol. The summed E-state index contributed by atoms with van der Waals surface area (Å²) < 4.78 is 0. The summed E-state index contributed by atoms with van der Waals surface area (Å²) in [6.45, 7) is 4.22. The number of nitrogens with zero attached hydrogens (tertiary/aromatic N) is 2. The quantitative estimate of drug-likeness (QED) is 0.343. The van der Waals surface area contributed by atoms with E-state index >= 15 is 0 Å². The molecule has 5 N–H and O–H groups in total. The lowest BCUT2D eigenvalue weighted by atomic mass is 9.94. The first-order valence-electron chi connectivity index (χ1n) is 9.89. The molecule has 0 saturated heterocycles. The van der Waals surface area contributed by atoms with Crippen LogP contribution in [0.1, 0.15) is 40.6 Å². The molecule has 160 valence electrons. The van der Waals surface area contributed by atoms with E-state index in [9.17, 15) is 10.1 Å². The fraction of sp³-hybridized carbons (Fsp3) is 0.125. The predicted molar refractivity (Wildman–Crippen MR) is 132 cm³/mol. The highest BCUT2D eigenvalue weighted by Crippen LogP contribution is 2.43. The number of hydrogen-bond acceptors (Lipinski definition) is 6. The van der Waals surface area contributed by atoms with Gasteiger partial charge in [0.05, 0.1) is 5.69 Å². The van der Waals surface area contributed by atoms with Crippen LogP contribution in [0.2, 0.25) is 5.02 Å². The molecular formula is C24H20ClN5OS. The van der Waals surface area contributed by atoms with Gasteiger partial charge in [-0.2, -0.15) is 5.26 Å². The van der Waals surface area contributed by atoms with Crippen LogP contribution in [-0.2, 0) is 0 Å². The first-order valence-corrected chi connectivity index (χ1v) is 11.1. The number of halogens is 1. The van der Waals surface area contributed by atoms with E-state index in [-0.39, 0.29) is 23.0 Å². The third-order valence-corrected chi connectivity index (χ3v) is 6.50. The summed E-state index contributed by atoms with van der Waals surface area (Å²) in [6.07, 6.45) is 0. The second-order valence-corrected chi connectivity index (χ2v) is 9.06. The number of pyridine rings is 1. The topological polar surface area (TPSA) is 118 Å². The average Bonchev–Trinajstić information content (AvgIpc) is 3.08. The molecule has 8 heteroatoms. The normalized spacial score (nSPS) is 11.0. The van der Waals surface area contributed by atoms with Gasteiger partial charge in [-0.1, -0.05) is 55.8 Å². The van der Waals surface area contributed by atoms with Crippen molar-refractivity contribution in [2.75, 3.05) is 16.8 Å². The maximum atomic E-state index is 13.0. The maximum Gasteiger partial charge on any atom is 0.267 e. The Labute approximate surface area is 194 Å². The molecule has 4 rings (SSSR count). The standard InChI is InChI=1S/C24H20ClN5OS/c1-12(2)13-6-8-14(9-7-13)18-17(11-26)22(28)30-24-19(18)20(27)21(32-24)23(31)29-16-5-3-4-15(25)10-16/h3-10,12H,27H2,1-2H3,(H2,28,30)(H,29,31). The van der Waals surface area contributed by atoms with Crippen molar-refractivity contribution in [2.45, 2.75) is 19.8 Å². The fourth-order valence-electron chi connectivity index (χ4n) is 3.53. The molecule has 32 heavy (non-hydrogen) atoms. The number of thiophene rings is 1. The minimum Gasteiger partial charge on any atom is -0.397 e. The summed E-state index contributed by atoms with van der Waals surface area (Å²) >= 11 is 7.15. The lowest BCUT2D eigenvalue weighted by Gasteiger charge is -2.11. The van der Waals surface area contributed by atoms with Crippen LogP contribution in [0.3, 0.4) is 0 Å². The maximum absolute atomic E-state index is 13.0. The Morgan fingerprint density at radius 3 is 2.53 bits per heavy atom. The molecule has 0 atom stereocenters. The van der Waals surface area contributed by atoms with Gasteiger partial charge in [0.25, 0.3) is 5.91 Å². The molecule has 2 aromatic carbocycles. The lowest BCUT2D eigenvalue weighted by Crippen LogP contribution is -2.11. The Bertz CT molecular complexity index is 1390. The highest BCUT2D eigenvalue weighted by Gasteiger charge is 2.24. The third-order valence-electron chi connectivity index (χ3n) is 5.17. The van der Waals surface area contributed by atoms with Gasteiger partial charge in [0.1, 0.15) is 27.2 Å². The highest BCUT2D eigenvalue weighted by atomic mass is 35.5. The molecule has 4 aromatic rings. The molecule has 0 fully saturated rings. The van der Waals surface area contributed by atoms with Crippen LogP contribution in [0.15, 0.2) is 48.5 Å². The lowest BCUT2D eigenvalue weighted by molar-refractivity contribution is 0.103. The van der Waals surface area contributed by atoms with Crippen LogP contribution in [0.4, 0.5) is 17.2 Å². The molecule has 0 aliphatic heterocycles. The summed E-state index contributed by atoms with van der Waals surface area (Å²) in [5.41, 5.74) is 16.1. The third kappa shape index (κ3) is 3.86. The molecule has 0 spiro atoms. The monoisotopic (exact) mass is 461 g/mol. The summed E-state index contributed by atoms with van der Waals surface area (Å²) in [5, 5.41) is 13.7. The Morgan fingerprint density at radius 1 is 1.19 bits per heavy atom. The number of fused-ring (bicyclic) bond motifs is 1. The van der Waals surface area contributed by atoms with Gasteiger partial charge in [-0.15, -0.1) is 11.3 Å². The van der Waals surface area contributed by atoms with E-state index in [1.165, 1.54) is 5.56 Å². The van der Waals surface area contributed by atoms with Crippen molar-refractivity contribution in [1.29, 1.82) is 5.26 Å². The van der Waals surface area contributed by atoms with E-state index in [0.717, 1.165) is 16.9 Å². The molecule has 2 aromatic heterocycles. The van der Waals surface area contributed by atoms with Crippen LogP contribution in [0, 0.1) is 11.3 Å². The molecule has 0 saturated carbocycles. The van der Waals surface area contributed by atoms with Crippen LogP contribution in [-0.4, -0.2) is 10.9 Å². The molecule has 0 radical (unpaired) electrons. The Hall–Kier alpha value is -3.60. The van der Waals surface area contributed by atoms with Gasteiger partial charge >= 0.3 is 0 Å². The number of rotatable bonds is 4. The van der Waals surface area contributed by atoms with Crippen LogP contribution in [0.25, 0.3) is 21.3 Å². The van der Waals surface area contributed by atoms with E-state index in [1.807, 2.05) is 24.3 Å². The van der Waals surface area contributed by atoms with Gasteiger partial charge in [-0.25, -0.2) is 4.98 Å². The average molecular weight is 462 g/mol. The molecule has 0 unspecified atom stereocenters. The number of nitrogens with one attached hydrogen (secondary N) is 1. The van der Waals surface area contributed by atoms with Gasteiger partial charge in [-0.3, -0.25) is 4.79 Å². The van der Waals surface area contributed by atoms with E-state index in [2.05, 4.69) is 30.2 Å². The molecule has 6 nitrogen and oxygen atoms in total. The zero-order chi connectivity index (χ0) is 23.0. The summed E-state index contributed by atoms with van der Waals surface area (Å²) in [4.78, 5) is 18.1. The number of carbonyl (C=O) groups excluding carboxylic acids is 1. The Kier molecular flexibility index (Phi) is 5.74. The zero-order valence-corrected chi connectivity index (χ0v) is 19.0. The molecule has 0 aliphatic rings. The number of carbonyl (C=O) groups is 1. The van der Waals surface area contributed by atoms with Gasteiger partial charge < -0.3 is 16.8 Å². The SMILES string of the molecule is CC(C)c1ccc(-c2c(C#N)c(N)nc3sc(C(=O)Nc4cccc(Cl)c4)c(N)c23)cc1. The number of nitrogen functional groups attached to an aromatic ring is 2. The largest absolute Gasteiger partial charge is 0.397 e. The minimum atomic E-state index is -0.383. The molecule has 1 amide bonds. The highest BCUT2D eigenvalue weighted by molar-refractivity contribution is 7.21. The number of amides is 1.